The van der Waals surface area contributed by atoms with Crippen LogP contribution in [0.4, 0.5) is 10.7 Å². The van der Waals surface area contributed by atoms with Crippen LogP contribution in [0.25, 0.3) is 21.9 Å². The third-order valence-corrected chi connectivity index (χ3v) is 7.42. The molecular weight excluding hydrogens is 534 g/mol. The zero-order valence-corrected chi connectivity index (χ0v) is 25.2. The minimum absolute atomic E-state index is 0.0410. The molecule has 222 valence electrons. The van der Waals surface area contributed by atoms with Crippen LogP contribution in [0.5, 0.6) is 0 Å². The van der Waals surface area contributed by atoms with Gasteiger partial charge < -0.3 is 19.5 Å². The molecular formula is C31H39N7O4. The van der Waals surface area contributed by atoms with Crippen molar-refractivity contribution < 1.29 is 9.53 Å². The number of benzene rings is 1. The Balaban J connectivity index is 1.57. The number of aromatic nitrogens is 5. The largest absolute Gasteiger partial charge is 0.444 e. The van der Waals surface area contributed by atoms with E-state index in [4.69, 9.17) is 14.7 Å². The van der Waals surface area contributed by atoms with Crippen LogP contribution in [0, 0.1) is 6.92 Å². The fourth-order valence-corrected chi connectivity index (χ4v) is 5.56. The number of allylic oxidation sites excluding steroid dienone is 2. The van der Waals surface area contributed by atoms with Crippen molar-refractivity contribution in [2.45, 2.75) is 72.2 Å². The number of hydrogen-bond donors (Lipinski definition) is 1. The molecule has 1 fully saturated rings. The molecule has 0 radical (unpaired) electrons. The van der Waals surface area contributed by atoms with E-state index >= 15 is 0 Å². The molecule has 4 aromatic rings. The maximum absolute atomic E-state index is 14.1. The molecule has 11 nitrogen and oxygen atoms in total. The maximum Gasteiger partial charge on any atom is 0.407 e. The van der Waals surface area contributed by atoms with Crippen LogP contribution < -0.4 is 21.5 Å². The lowest BCUT2D eigenvalue weighted by Crippen LogP contribution is -2.49. The highest BCUT2D eigenvalue weighted by Crippen LogP contribution is 2.24. The Hall–Kier alpha value is -4.41. The smallest absolute Gasteiger partial charge is 0.407 e. The van der Waals surface area contributed by atoms with E-state index in [-0.39, 0.29) is 12.6 Å². The number of ether oxygens (including phenoxy) is 1. The van der Waals surface area contributed by atoms with Gasteiger partial charge in [-0.25, -0.2) is 9.59 Å². The Morgan fingerprint density at radius 3 is 2.67 bits per heavy atom. The number of aryl methyl sites for hydroxylation is 2. The first kappa shape index (κ1) is 29.1. The second-order valence-electron chi connectivity index (χ2n) is 11.9. The van der Waals surface area contributed by atoms with Gasteiger partial charge in [-0.2, -0.15) is 4.98 Å². The predicted octanol–water partition coefficient (Wildman–Crippen LogP) is 3.87. The van der Waals surface area contributed by atoms with Crippen LogP contribution >= 0.6 is 0 Å². The van der Waals surface area contributed by atoms with Gasteiger partial charge in [0, 0.05) is 43.8 Å². The summed E-state index contributed by atoms with van der Waals surface area (Å²) in [5, 5.41) is 4.88. The molecule has 0 unspecified atom stereocenters. The minimum atomic E-state index is -0.593. The number of alkyl carbamates (subject to hydrolysis) is 1. The average Bonchev–Trinajstić information content (AvgIpc) is 3.31. The number of fused-ring (bicyclic) bond motifs is 2. The molecule has 1 aliphatic rings. The Labute approximate surface area is 244 Å². The number of piperidine rings is 1. The summed E-state index contributed by atoms with van der Waals surface area (Å²) in [6, 6.07) is 9.68. The molecule has 5 rings (SSSR count). The summed E-state index contributed by atoms with van der Waals surface area (Å²) in [6.45, 7) is 11.0. The van der Waals surface area contributed by atoms with E-state index in [1.54, 1.807) is 7.05 Å². The maximum atomic E-state index is 14.1. The Morgan fingerprint density at radius 2 is 1.93 bits per heavy atom. The number of nitrogens with one attached hydrogen (secondary N) is 1. The van der Waals surface area contributed by atoms with Gasteiger partial charge in [0.25, 0.3) is 5.56 Å². The summed E-state index contributed by atoms with van der Waals surface area (Å²) in [7, 11) is 1.64. The first-order chi connectivity index (χ1) is 20.0. The van der Waals surface area contributed by atoms with Gasteiger partial charge in [-0.3, -0.25) is 18.9 Å². The standard InChI is InChI=1S/C31H39N7O4/c1-7-8-16-37-25-26(34-28(37)36-15-11-13-22(18-36)33-29(40)42-31(3,4)5)35(6)30(41)38(27(25)39)19-24-23-14-10-9-12-21(23)17-20(2)32-24/h7-10,12,14,17,22H,11,13,15-16,18-19H2,1-6H3,(H,33,40)/b8-7+/t22-/m1/s1. The SMILES string of the molecule is C/C=C/Cn1c(N2CCC[C@@H](NC(=O)OC(C)(C)C)C2)nc2c1c(=O)n(Cc1nc(C)cc3ccccc13)c(=O)n2C. The van der Waals surface area contributed by atoms with Gasteiger partial charge in [0.05, 0.1) is 12.2 Å². The van der Waals surface area contributed by atoms with E-state index in [2.05, 4.69) is 10.2 Å². The van der Waals surface area contributed by atoms with E-state index in [9.17, 15) is 14.4 Å². The van der Waals surface area contributed by atoms with Gasteiger partial charge in [-0.1, -0.05) is 36.4 Å². The highest BCUT2D eigenvalue weighted by molar-refractivity contribution is 5.85. The number of nitrogens with zero attached hydrogens (tertiary/aromatic N) is 6. The van der Waals surface area contributed by atoms with Crippen LogP contribution in [0.15, 0.2) is 52.1 Å². The van der Waals surface area contributed by atoms with Crippen molar-refractivity contribution in [2.24, 2.45) is 7.05 Å². The Morgan fingerprint density at radius 1 is 1.17 bits per heavy atom. The fourth-order valence-electron chi connectivity index (χ4n) is 5.56. The number of carbonyl (C=O) groups is 1. The Kier molecular flexibility index (Phi) is 7.94. The van der Waals surface area contributed by atoms with E-state index in [1.165, 1.54) is 9.13 Å². The molecule has 1 N–H and O–H groups in total. The monoisotopic (exact) mass is 573 g/mol. The molecule has 0 saturated carbocycles. The minimum Gasteiger partial charge on any atom is -0.444 e. The number of anilines is 1. The summed E-state index contributed by atoms with van der Waals surface area (Å²) < 4.78 is 10.0. The summed E-state index contributed by atoms with van der Waals surface area (Å²) in [5.74, 6) is 0.586. The zero-order valence-electron chi connectivity index (χ0n) is 25.2. The van der Waals surface area contributed by atoms with Crippen LogP contribution in [-0.4, -0.2) is 54.5 Å². The topological polar surface area (TPSA) is 116 Å². The summed E-state index contributed by atoms with van der Waals surface area (Å²) in [4.78, 5) is 51.8. The van der Waals surface area contributed by atoms with Gasteiger partial charge in [0.15, 0.2) is 11.2 Å². The van der Waals surface area contributed by atoms with Crippen molar-refractivity contribution >= 4 is 34.0 Å². The van der Waals surface area contributed by atoms with Crippen LogP contribution in [0.2, 0.25) is 0 Å². The van der Waals surface area contributed by atoms with Gasteiger partial charge in [0.2, 0.25) is 5.95 Å². The molecule has 11 heteroatoms. The van der Waals surface area contributed by atoms with E-state index < -0.39 is 22.9 Å². The van der Waals surface area contributed by atoms with Gasteiger partial charge in [-0.05, 0) is 58.9 Å². The van der Waals surface area contributed by atoms with Crippen molar-refractivity contribution in [3.63, 3.8) is 0 Å². The number of imidazole rings is 1. The third-order valence-electron chi connectivity index (χ3n) is 7.42. The third kappa shape index (κ3) is 5.81. The predicted molar refractivity (Wildman–Crippen MR) is 164 cm³/mol. The summed E-state index contributed by atoms with van der Waals surface area (Å²) >= 11 is 0. The Bertz CT molecular complexity index is 1790. The first-order valence-corrected chi connectivity index (χ1v) is 14.4. The van der Waals surface area contributed by atoms with Crippen molar-refractivity contribution in [3.05, 3.63) is 74.7 Å². The lowest BCUT2D eigenvalue weighted by atomic mass is 10.1. The van der Waals surface area contributed by atoms with Crippen LogP contribution in [-0.2, 0) is 24.9 Å². The molecule has 1 aromatic carbocycles. The van der Waals surface area contributed by atoms with E-state index in [1.807, 2.05) is 81.7 Å². The van der Waals surface area contributed by atoms with Gasteiger partial charge >= 0.3 is 11.8 Å². The lowest BCUT2D eigenvalue weighted by Gasteiger charge is -2.34. The zero-order chi connectivity index (χ0) is 30.2. The molecule has 1 atom stereocenters. The van der Waals surface area contributed by atoms with E-state index in [0.29, 0.717) is 42.4 Å². The number of carbonyl (C=O) groups excluding carboxylic acids is 1. The van der Waals surface area contributed by atoms with Crippen molar-refractivity contribution in [1.82, 2.24) is 29.0 Å². The highest BCUT2D eigenvalue weighted by Gasteiger charge is 2.29. The molecule has 0 aliphatic carbocycles. The van der Waals surface area contributed by atoms with Gasteiger partial charge in [0.1, 0.15) is 5.60 Å². The van der Waals surface area contributed by atoms with Gasteiger partial charge in [-0.15, -0.1) is 0 Å². The van der Waals surface area contributed by atoms with Crippen molar-refractivity contribution in [3.8, 4) is 0 Å². The normalized spacial score (nSPS) is 16.0. The number of rotatable bonds is 6. The number of amides is 1. The molecule has 3 aromatic heterocycles. The van der Waals surface area contributed by atoms with Crippen LogP contribution in [0.1, 0.15) is 51.9 Å². The fraction of sp³-hybridized carbons (Fsp3) is 0.452. The second-order valence-corrected chi connectivity index (χ2v) is 11.9. The van der Waals surface area contributed by atoms with Crippen molar-refractivity contribution in [2.75, 3.05) is 18.0 Å². The van der Waals surface area contributed by atoms with Crippen molar-refractivity contribution in [1.29, 1.82) is 0 Å². The molecule has 1 aliphatic heterocycles. The molecule has 4 heterocycles. The molecule has 1 amide bonds. The number of pyridine rings is 1. The quantitative estimate of drug-likeness (QED) is 0.348. The summed E-state index contributed by atoms with van der Waals surface area (Å²) in [5.41, 5.74) is 0.693. The summed E-state index contributed by atoms with van der Waals surface area (Å²) in [6.07, 6.45) is 5.03. The number of hydrogen-bond acceptors (Lipinski definition) is 7. The molecule has 42 heavy (non-hydrogen) atoms. The van der Waals surface area contributed by atoms with Crippen LogP contribution in [0.3, 0.4) is 0 Å². The molecule has 0 bridgehead atoms. The highest BCUT2D eigenvalue weighted by atomic mass is 16.6. The first-order valence-electron chi connectivity index (χ1n) is 14.4. The molecule has 0 spiro atoms. The van der Waals surface area contributed by atoms with E-state index in [0.717, 1.165) is 29.3 Å². The lowest BCUT2D eigenvalue weighted by molar-refractivity contribution is 0.0499. The molecule has 1 saturated heterocycles. The second kappa shape index (κ2) is 11.5. The average molecular weight is 574 g/mol.